The van der Waals surface area contributed by atoms with Gasteiger partial charge in [-0.25, -0.2) is 9.67 Å². The van der Waals surface area contributed by atoms with Crippen LogP contribution in [-0.2, 0) is 5.41 Å². The molecule has 6 heteroatoms. The number of pyridine rings is 1. The molecule has 1 N–H and O–H groups in total. The van der Waals surface area contributed by atoms with Crippen LogP contribution in [0.1, 0.15) is 36.8 Å². The highest BCUT2D eigenvalue weighted by Gasteiger charge is 2.26. The third kappa shape index (κ3) is 3.88. The summed E-state index contributed by atoms with van der Waals surface area (Å²) in [5, 5.41) is 7.94. The highest BCUT2D eigenvalue weighted by atomic mass is 35.5. The van der Waals surface area contributed by atoms with Crippen LogP contribution in [0.2, 0.25) is 5.02 Å². The lowest BCUT2D eigenvalue weighted by molar-refractivity contribution is 0.102. The van der Waals surface area contributed by atoms with Gasteiger partial charge in [0.2, 0.25) is 0 Å². The molecule has 3 rings (SSSR count). The highest BCUT2D eigenvalue weighted by molar-refractivity contribution is 6.30. The minimum Gasteiger partial charge on any atom is -0.306 e. The molecule has 5 nitrogen and oxygen atoms in total. The summed E-state index contributed by atoms with van der Waals surface area (Å²) in [5.41, 5.74) is 1.84. The summed E-state index contributed by atoms with van der Waals surface area (Å²) in [6.45, 7) is 6.08. The second kappa shape index (κ2) is 6.69. The zero-order chi connectivity index (χ0) is 18.0. The topological polar surface area (TPSA) is 59.8 Å². The van der Waals surface area contributed by atoms with E-state index in [-0.39, 0.29) is 11.3 Å². The number of anilines is 1. The fourth-order valence-corrected chi connectivity index (χ4v) is 2.62. The van der Waals surface area contributed by atoms with Gasteiger partial charge >= 0.3 is 0 Å². The average Bonchev–Trinajstić information content (AvgIpc) is 3.01. The van der Waals surface area contributed by atoms with Crippen molar-refractivity contribution in [3.63, 3.8) is 0 Å². The van der Waals surface area contributed by atoms with Gasteiger partial charge in [0.25, 0.3) is 5.91 Å². The number of amides is 1. The molecule has 1 aromatic carbocycles. The Morgan fingerprint density at radius 1 is 1.16 bits per heavy atom. The molecule has 0 spiro atoms. The molecular formula is C19H19ClN4O. The molecule has 2 heterocycles. The Morgan fingerprint density at radius 3 is 2.52 bits per heavy atom. The summed E-state index contributed by atoms with van der Waals surface area (Å²) in [4.78, 5) is 16.9. The molecule has 1 amide bonds. The Kier molecular flexibility index (Phi) is 4.59. The van der Waals surface area contributed by atoms with Crippen LogP contribution in [-0.4, -0.2) is 20.7 Å². The average molecular weight is 355 g/mol. The van der Waals surface area contributed by atoms with E-state index >= 15 is 0 Å². The molecule has 3 aromatic rings. The molecule has 0 radical (unpaired) electrons. The number of carbonyl (C=O) groups excluding carboxylic acids is 1. The standard InChI is InChI=1S/C19H19ClN4O/c1-19(2,3)17-15(12-24(23-17)14-7-5-4-6-8-14)18(25)22-16-11-13(20)9-10-21-16/h4-12H,1-3H3,(H,21,22,25). The largest absolute Gasteiger partial charge is 0.306 e. The Hall–Kier alpha value is -2.66. The maximum atomic E-state index is 12.8. The molecule has 0 bridgehead atoms. The Morgan fingerprint density at radius 2 is 1.88 bits per heavy atom. The predicted octanol–water partition coefficient (Wildman–Crippen LogP) is 4.47. The van der Waals surface area contributed by atoms with Crippen molar-refractivity contribution in [3.05, 3.63) is 71.1 Å². The number of para-hydroxylation sites is 1. The second-order valence-corrected chi connectivity index (χ2v) is 7.17. The van der Waals surface area contributed by atoms with Crippen molar-refractivity contribution in [2.24, 2.45) is 0 Å². The molecule has 2 aromatic heterocycles. The first-order chi connectivity index (χ1) is 11.8. The van der Waals surface area contributed by atoms with Crippen LogP contribution in [0.4, 0.5) is 5.82 Å². The summed E-state index contributed by atoms with van der Waals surface area (Å²) in [5.74, 6) is 0.145. The number of rotatable bonds is 3. The number of nitrogens with one attached hydrogen (secondary N) is 1. The van der Waals surface area contributed by atoms with E-state index in [1.54, 1.807) is 29.2 Å². The summed E-state index contributed by atoms with van der Waals surface area (Å²) < 4.78 is 1.72. The highest BCUT2D eigenvalue weighted by Crippen LogP contribution is 2.26. The van der Waals surface area contributed by atoms with E-state index in [1.165, 1.54) is 0 Å². The number of halogens is 1. The lowest BCUT2D eigenvalue weighted by atomic mass is 9.89. The first-order valence-electron chi connectivity index (χ1n) is 7.93. The van der Waals surface area contributed by atoms with Gasteiger partial charge in [-0.3, -0.25) is 4.79 Å². The Balaban J connectivity index is 1.99. The van der Waals surface area contributed by atoms with Crippen molar-refractivity contribution in [3.8, 4) is 5.69 Å². The number of benzene rings is 1. The van der Waals surface area contributed by atoms with Crippen LogP contribution in [0.15, 0.2) is 54.9 Å². The fourth-order valence-electron chi connectivity index (χ4n) is 2.46. The molecule has 0 aliphatic rings. The molecule has 0 aliphatic heterocycles. The van der Waals surface area contributed by atoms with Crippen LogP contribution in [0.5, 0.6) is 0 Å². The lowest BCUT2D eigenvalue weighted by Crippen LogP contribution is -2.20. The minimum atomic E-state index is -0.283. The second-order valence-electron chi connectivity index (χ2n) is 6.73. The maximum absolute atomic E-state index is 12.8. The smallest absolute Gasteiger partial charge is 0.260 e. The summed E-state index contributed by atoms with van der Waals surface area (Å²) in [6.07, 6.45) is 3.30. The van der Waals surface area contributed by atoms with Gasteiger partial charge in [0.1, 0.15) is 5.82 Å². The summed E-state index contributed by atoms with van der Waals surface area (Å²) in [6, 6.07) is 13.0. The van der Waals surface area contributed by atoms with Crippen molar-refractivity contribution in [2.75, 3.05) is 5.32 Å². The summed E-state index contributed by atoms with van der Waals surface area (Å²) in [7, 11) is 0. The van der Waals surface area contributed by atoms with E-state index in [1.807, 2.05) is 51.1 Å². The molecule has 25 heavy (non-hydrogen) atoms. The number of carbonyl (C=O) groups is 1. The third-order valence-electron chi connectivity index (χ3n) is 3.65. The Bertz CT molecular complexity index is 897. The van der Waals surface area contributed by atoms with E-state index in [4.69, 9.17) is 11.6 Å². The van der Waals surface area contributed by atoms with Gasteiger partial charge in [0.15, 0.2) is 0 Å². The molecule has 128 valence electrons. The van der Waals surface area contributed by atoms with Crippen LogP contribution in [0.3, 0.4) is 0 Å². The molecule has 0 saturated heterocycles. The van der Waals surface area contributed by atoms with Crippen molar-refractivity contribution < 1.29 is 4.79 Å². The van der Waals surface area contributed by atoms with Crippen molar-refractivity contribution in [2.45, 2.75) is 26.2 Å². The SMILES string of the molecule is CC(C)(C)c1nn(-c2ccccc2)cc1C(=O)Nc1cc(Cl)ccn1. The van der Waals surface area contributed by atoms with Gasteiger partial charge in [-0.15, -0.1) is 0 Å². The quantitative estimate of drug-likeness (QED) is 0.754. The molecule has 0 unspecified atom stereocenters. The van der Waals surface area contributed by atoms with Crippen LogP contribution in [0, 0.1) is 0 Å². The van der Waals surface area contributed by atoms with Crippen LogP contribution in [0.25, 0.3) is 5.69 Å². The maximum Gasteiger partial charge on any atom is 0.260 e. The van der Waals surface area contributed by atoms with Gasteiger partial charge in [0, 0.05) is 22.8 Å². The van der Waals surface area contributed by atoms with Crippen molar-refractivity contribution in [1.82, 2.24) is 14.8 Å². The zero-order valence-electron chi connectivity index (χ0n) is 14.3. The number of hydrogen-bond donors (Lipinski definition) is 1. The van der Waals surface area contributed by atoms with Crippen LogP contribution >= 0.6 is 11.6 Å². The number of hydrogen-bond acceptors (Lipinski definition) is 3. The van der Waals surface area contributed by atoms with Crippen molar-refractivity contribution >= 4 is 23.3 Å². The number of nitrogens with zero attached hydrogens (tertiary/aromatic N) is 3. The Labute approximate surface area is 151 Å². The normalized spacial score (nSPS) is 11.4. The first kappa shape index (κ1) is 17.2. The third-order valence-corrected chi connectivity index (χ3v) is 3.89. The van der Waals surface area contributed by atoms with Gasteiger partial charge in [0.05, 0.1) is 16.9 Å². The molecule has 0 saturated carbocycles. The van der Waals surface area contributed by atoms with E-state index in [9.17, 15) is 4.79 Å². The molecule has 0 fully saturated rings. The van der Waals surface area contributed by atoms with Gasteiger partial charge in [-0.05, 0) is 24.3 Å². The predicted molar refractivity (Wildman–Crippen MR) is 99.5 cm³/mol. The van der Waals surface area contributed by atoms with Crippen molar-refractivity contribution in [1.29, 1.82) is 0 Å². The minimum absolute atomic E-state index is 0.262. The lowest BCUT2D eigenvalue weighted by Gasteiger charge is -2.17. The van der Waals surface area contributed by atoms with Gasteiger partial charge in [-0.1, -0.05) is 50.6 Å². The fraction of sp³-hybridized carbons (Fsp3) is 0.211. The number of aromatic nitrogens is 3. The monoisotopic (exact) mass is 354 g/mol. The summed E-state index contributed by atoms with van der Waals surface area (Å²) >= 11 is 5.95. The van der Waals surface area contributed by atoms with Gasteiger partial charge < -0.3 is 5.32 Å². The zero-order valence-corrected chi connectivity index (χ0v) is 15.1. The van der Waals surface area contributed by atoms with E-state index in [0.29, 0.717) is 16.4 Å². The van der Waals surface area contributed by atoms with E-state index < -0.39 is 0 Å². The van der Waals surface area contributed by atoms with Gasteiger partial charge in [-0.2, -0.15) is 5.10 Å². The van der Waals surface area contributed by atoms with Crippen LogP contribution < -0.4 is 5.32 Å². The van der Waals surface area contributed by atoms with E-state index in [0.717, 1.165) is 11.4 Å². The van der Waals surface area contributed by atoms with E-state index in [2.05, 4.69) is 15.4 Å². The molecular weight excluding hydrogens is 336 g/mol. The first-order valence-corrected chi connectivity index (χ1v) is 8.31. The molecule has 0 aliphatic carbocycles. The molecule has 0 atom stereocenters.